The Morgan fingerprint density at radius 3 is 2.62 bits per heavy atom. The zero-order valence-electron chi connectivity index (χ0n) is 11.8. The van der Waals surface area contributed by atoms with Gasteiger partial charge >= 0.3 is 16.6 Å². The zero-order valence-corrected chi connectivity index (χ0v) is 13.0. The third-order valence-corrected chi connectivity index (χ3v) is 3.48. The lowest BCUT2D eigenvalue weighted by molar-refractivity contribution is 0.592. The first-order chi connectivity index (χ1) is 10.3. The number of nitrogens with zero attached hydrogens (tertiary/aromatic N) is 4. The molecular formula is C15H15AlN4O. The summed E-state index contributed by atoms with van der Waals surface area (Å²) < 4.78 is 9.18. The van der Waals surface area contributed by atoms with Crippen molar-refractivity contribution in [3.8, 4) is 17.3 Å². The van der Waals surface area contributed by atoms with Crippen molar-refractivity contribution in [2.75, 3.05) is 0 Å². The molecule has 0 unspecified atom stereocenters. The van der Waals surface area contributed by atoms with Crippen LogP contribution in [0.25, 0.3) is 11.5 Å². The van der Waals surface area contributed by atoms with Gasteiger partial charge in [-0.15, -0.1) is 5.10 Å². The van der Waals surface area contributed by atoms with Crippen molar-refractivity contribution in [3.63, 3.8) is 0 Å². The van der Waals surface area contributed by atoms with Gasteiger partial charge in [-0.1, -0.05) is 31.5 Å². The molecule has 104 valence electrons. The molecule has 0 N–H and O–H groups in total. The van der Waals surface area contributed by atoms with E-state index in [0.29, 0.717) is 5.82 Å². The van der Waals surface area contributed by atoms with Gasteiger partial charge in [0.2, 0.25) is 5.82 Å². The minimum Gasteiger partial charge on any atom is -0.650 e. The second-order valence-electron chi connectivity index (χ2n) is 4.67. The van der Waals surface area contributed by atoms with Gasteiger partial charge in [0.15, 0.2) is 0 Å². The molecule has 0 atom stereocenters. The van der Waals surface area contributed by atoms with Gasteiger partial charge in [-0.25, -0.2) is 9.36 Å². The van der Waals surface area contributed by atoms with Crippen LogP contribution in [0.3, 0.4) is 0 Å². The van der Waals surface area contributed by atoms with Crippen LogP contribution in [0.4, 0.5) is 0 Å². The molecule has 5 nitrogen and oxygen atoms in total. The van der Waals surface area contributed by atoms with Crippen LogP contribution in [0.2, 0.25) is 0 Å². The summed E-state index contributed by atoms with van der Waals surface area (Å²) in [5, 5.41) is 8.95. The second kappa shape index (κ2) is 6.17. The van der Waals surface area contributed by atoms with Gasteiger partial charge in [-0.2, -0.15) is 5.10 Å². The monoisotopic (exact) mass is 294 g/mol. The highest BCUT2D eigenvalue weighted by molar-refractivity contribution is 6.00. The van der Waals surface area contributed by atoms with Gasteiger partial charge in [-0.3, -0.25) is 0 Å². The summed E-state index contributed by atoms with van der Waals surface area (Å²) in [4.78, 5) is 0. The Bertz CT molecular complexity index is 707. The van der Waals surface area contributed by atoms with E-state index in [1.54, 1.807) is 10.9 Å². The van der Waals surface area contributed by atoms with Crippen molar-refractivity contribution in [2.24, 2.45) is 0 Å². The summed E-state index contributed by atoms with van der Waals surface area (Å²) in [7, 11) is 0. The van der Waals surface area contributed by atoms with Crippen molar-refractivity contribution in [2.45, 2.75) is 19.8 Å². The zero-order chi connectivity index (χ0) is 14.7. The average molecular weight is 294 g/mol. The predicted octanol–water partition coefficient (Wildman–Crippen LogP) is 2.47. The Morgan fingerprint density at radius 1 is 1.19 bits per heavy atom. The lowest BCUT2D eigenvalue weighted by Gasteiger charge is -2.09. The van der Waals surface area contributed by atoms with Crippen LogP contribution >= 0.6 is 0 Å². The van der Waals surface area contributed by atoms with Crippen LogP contribution in [0.15, 0.2) is 48.8 Å². The number of hydrogen-bond donors (Lipinski definition) is 0. The summed E-state index contributed by atoms with van der Waals surface area (Å²) in [5.41, 5.74) is 2.06. The first kappa shape index (κ1) is 13.9. The number of aromatic nitrogens is 4. The molecule has 0 saturated heterocycles. The first-order valence-electron chi connectivity index (χ1n) is 6.89. The fraction of sp³-hybridized carbons (Fsp3) is 0.200. The van der Waals surface area contributed by atoms with Crippen LogP contribution in [0.5, 0.6) is 5.75 Å². The molecule has 0 bridgehead atoms. The molecule has 1 aromatic carbocycles. The molecule has 0 aliphatic carbocycles. The van der Waals surface area contributed by atoms with Gasteiger partial charge in [-0.05, 0) is 24.6 Å². The average Bonchev–Trinajstić information content (AvgIpc) is 3.15. The molecule has 3 rings (SSSR count). The van der Waals surface area contributed by atoms with Crippen molar-refractivity contribution in [1.82, 2.24) is 19.6 Å². The SMILES string of the molecule is CCCc1c([O][Al])c(-n2cccn2)nn1-c1ccccc1. The molecule has 0 spiro atoms. The highest BCUT2D eigenvalue weighted by atomic mass is 27.1. The molecule has 0 saturated carbocycles. The highest BCUT2D eigenvalue weighted by Gasteiger charge is 2.19. The third-order valence-electron chi connectivity index (χ3n) is 3.24. The van der Waals surface area contributed by atoms with Crippen molar-refractivity contribution in [3.05, 3.63) is 54.5 Å². The molecule has 2 aromatic heterocycles. The fourth-order valence-electron chi connectivity index (χ4n) is 2.33. The van der Waals surface area contributed by atoms with E-state index < -0.39 is 0 Å². The maximum Gasteiger partial charge on any atom is 0.482 e. The molecule has 6 heteroatoms. The molecule has 21 heavy (non-hydrogen) atoms. The Labute approximate surface area is 131 Å². The molecule has 0 amide bonds. The lowest BCUT2D eigenvalue weighted by atomic mass is 10.2. The Kier molecular flexibility index (Phi) is 4.09. The molecule has 3 aromatic rings. The van der Waals surface area contributed by atoms with E-state index in [-0.39, 0.29) is 0 Å². The minimum atomic E-state index is 0.697. The maximum absolute atomic E-state index is 5.53. The number of rotatable bonds is 5. The third kappa shape index (κ3) is 2.60. The maximum atomic E-state index is 5.53. The topological polar surface area (TPSA) is 44.9 Å². The van der Waals surface area contributed by atoms with Gasteiger partial charge in [0, 0.05) is 12.4 Å². The molecule has 0 aliphatic rings. The Morgan fingerprint density at radius 2 is 2.00 bits per heavy atom. The molecule has 0 aliphatic heterocycles. The first-order valence-corrected chi connectivity index (χ1v) is 7.36. The van der Waals surface area contributed by atoms with Crippen LogP contribution in [-0.2, 0) is 6.42 Å². The quantitative estimate of drug-likeness (QED) is 0.679. The fourth-order valence-corrected chi connectivity index (χ4v) is 2.57. The van der Waals surface area contributed by atoms with Gasteiger partial charge in [0.05, 0.1) is 11.4 Å². The Hall–Kier alpha value is -2.03. The van der Waals surface area contributed by atoms with Gasteiger partial charge in [0.1, 0.15) is 5.75 Å². The van der Waals surface area contributed by atoms with Gasteiger partial charge in [0.25, 0.3) is 0 Å². The molecular weight excluding hydrogens is 279 g/mol. The predicted molar refractivity (Wildman–Crippen MR) is 81.1 cm³/mol. The van der Waals surface area contributed by atoms with Crippen LogP contribution < -0.4 is 3.79 Å². The summed E-state index contributed by atoms with van der Waals surface area (Å²) in [6, 6.07) is 11.9. The number of hydrogen-bond acceptors (Lipinski definition) is 3. The van der Waals surface area contributed by atoms with Crippen LogP contribution in [-0.4, -0.2) is 36.2 Å². The normalized spacial score (nSPS) is 10.7. The van der Waals surface area contributed by atoms with E-state index in [1.807, 2.05) is 47.3 Å². The molecule has 2 radical (unpaired) electrons. The van der Waals surface area contributed by atoms with Crippen LogP contribution in [0, 0.1) is 0 Å². The van der Waals surface area contributed by atoms with Gasteiger partial charge < -0.3 is 3.79 Å². The summed E-state index contributed by atoms with van der Waals surface area (Å²) in [5.74, 6) is 1.44. The number of para-hydroxylation sites is 1. The summed E-state index contributed by atoms with van der Waals surface area (Å²) in [6.07, 6.45) is 5.49. The minimum absolute atomic E-state index is 0.697. The van der Waals surface area contributed by atoms with E-state index >= 15 is 0 Å². The lowest BCUT2D eigenvalue weighted by Crippen LogP contribution is -2.03. The van der Waals surface area contributed by atoms with Crippen LogP contribution in [0.1, 0.15) is 19.0 Å². The van der Waals surface area contributed by atoms with E-state index in [4.69, 9.17) is 8.89 Å². The summed E-state index contributed by atoms with van der Waals surface area (Å²) >= 11 is 2.31. The van der Waals surface area contributed by atoms with E-state index in [1.165, 1.54) is 0 Å². The van der Waals surface area contributed by atoms with E-state index in [9.17, 15) is 0 Å². The smallest absolute Gasteiger partial charge is 0.482 e. The standard InChI is InChI=1S/C15H16N4O.Al/c1-2-7-13-14(20)15(18-11-6-10-16-18)17-19(13)12-8-4-3-5-9-12;/h3-6,8-11,20H,2,7H2,1H3;/q;+1/p-1. The van der Waals surface area contributed by atoms with E-state index in [2.05, 4.69) is 28.6 Å². The Balaban J connectivity index is 2.20. The van der Waals surface area contributed by atoms with E-state index in [0.717, 1.165) is 30.0 Å². The van der Waals surface area contributed by atoms with Crippen molar-refractivity contribution in [1.29, 1.82) is 0 Å². The molecule has 0 fully saturated rings. The number of benzene rings is 1. The highest BCUT2D eigenvalue weighted by Crippen LogP contribution is 2.29. The van der Waals surface area contributed by atoms with Crippen molar-refractivity contribution < 1.29 is 3.79 Å². The molecule has 2 heterocycles. The largest absolute Gasteiger partial charge is 0.650 e. The second-order valence-corrected chi connectivity index (χ2v) is 4.90. The summed E-state index contributed by atoms with van der Waals surface area (Å²) in [6.45, 7) is 2.14. The van der Waals surface area contributed by atoms with Crippen molar-refractivity contribution >= 4 is 16.6 Å².